The number of hydrogen-bond acceptors (Lipinski definition) is 5. The number of nitrogens with zero attached hydrogens (tertiary/aromatic N) is 2. The summed E-state index contributed by atoms with van der Waals surface area (Å²) >= 11 is 0. The molecule has 0 bridgehead atoms. The summed E-state index contributed by atoms with van der Waals surface area (Å²) in [7, 11) is 0. The first-order valence-electron chi connectivity index (χ1n) is 8.16. The van der Waals surface area contributed by atoms with Gasteiger partial charge in [0.05, 0.1) is 5.71 Å². The van der Waals surface area contributed by atoms with E-state index >= 15 is 0 Å². The molecule has 0 amide bonds. The molecule has 0 spiro atoms. The number of hydrogen-bond donors (Lipinski definition) is 0. The van der Waals surface area contributed by atoms with E-state index in [9.17, 15) is 14.4 Å². The summed E-state index contributed by atoms with van der Waals surface area (Å²) in [4.78, 5) is 44.1. The SMILES string of the molecule is CCC(=Nc1c(CC(C)(CC)c2ccccn2)c(=O)c1=O)C(C)=O. The number of carbonyl (C=O) groups is 1. The largest absolute Gasteiger partial charge is 0.293 e. The number of carbonyl (C=O) groups excluding carboxylic acids is 1. The normalized spacial score (nSPS) is 14.6. The molecule has 1 atom stereocenters. The maximum absolute atomic E-state index is 12.1. The van der Waals surface area contributed by atoms with Crippen molar-refractivity contribution in [2.45, 2.75) is 52.4 Å². The fourth-order valence-electron chi connectivity index (χ4n) is 2.76. The summed E-state index contributed by atoms with van der Waals surface area (Å²) in [5.41, 5.74) is 0.276. The minimum absolute atomic E-state index is 0.141. The zero-order chi connectivity index (χ0) is 17.9. The predicted octanol–water partition coefficient (Wildman–Crippen LogP) is 2.66. The molecule has 0 aliphatic rings. The molecule has 0 fully saturated rings. The van der Waals surface area contributed by atoms with Crippen molar-refractivity contribution in [1.29, 1.82) is 0 Å². The Morgan fingerprint density at radius 2 is 1.92 bits per heavy atom. The second kappa shape index (κ2) is 6.99. The molecule has 24 heavy (non-hydrogen) atoms. The van der Waals surface area contributed by atoms with Crippen LogP contribution >= 0.6 is 0 Å². The minimum atomic E-state index is -0.600. The highest BCUT2D eigenvalue weighted by Crippen LogP contribution is 2.32. The van der Waals surface area contributed by atoms with Crippen LogP contribution in [0.1, 0.15) is 51.8 Å². The lowest BCUT2D eigenvalue weighted by atomic mass is 9.76. The molecule has 0 N–H and O–H groups in total. The number of Topliss-reactive ketones (excluding diaryl/α,β-unsaturated/α-hetero) is 1. The van der Waals surface area contributed by atoms with Crippen LogP contribution in [0.15, 0.2) is 39.0 Å². The van der Waals surface area contributed by atoms with E-state index in [1.54, 1.807) is 13.1 Å². The standard InChI is InChI=1S/C19H22N2O3/c1-5-14(12(3)22)21-16-13(17(23)18(16)24)11-19(4,6-2)15-9-7-8-10-20-15/h7-10H,5-6,11H2,1-4H3. The van der Waals surface area contributed by atoms with Crippen LogP contribution in [0.2, 0.25) is 0 Å². The van der Waals surface area contributed by atoms with Crippen molar-refractivity contribution in [3.63, 3.8) is 0 Å². The molecule has 126 valence electrons. The van der Waals surface area contributed by atoms with Crippen LogP contribution in [0.25, 0.3) is 0 Å². The van der Waals surface area contributed by atoms with Crippen molar-refractivity contribution in [3.05, 3.63) is 56.1 Å². The quantitative estimate of drug-likeness (QED) is 0.579. The molecular weight excluding hydrogens is 304 g/mol. The molecule has 0 saturated heterocycles. The maximum atomic E-state index is 12.1. The molecule has 1 unspecified atom stereocenters. The topological polar surface area (TPSA) is 76.5 Å². The molecule has 0 aliphatic heterocycles. The van der Waals surface area contributed by atoms with Gasteiger partial charge < -0.3 is 0 Å². The Morgan fingerprint density at radius 1 is 1.21 bits per heavy atom. The summed E-state index contributed by atoms with van der Waals surface area (Å²) in [5.74, 6) is -0.181. The Balaban J connectivity index is 2.44. The van der Waals surface area contributed by atoms with Crippen molar-refractivity contribution >= 4 is 17.2 Å². The number of aliphatic imine (C=N–C) groups is 1. The zero-order valence-electron chi connectivity index (χ0n) is 14.5. The first-order chi connectivity index (χ1) is 11.3. The van der Waals surface area contributed by atoms with Crippen molar-refractivity contribution in [2.24, 2.45) is 4.99 Å². The van der Waals surface area contributed by atoms with Crippen molar-refractivity contribution in [3.8, 4) is 0 Å². The summed E-state index contributed by atoms with van der Waals surface area (Å²) < 4.78 is 0. The van der Waals surface area contributed by atoms with Gasteiger partial charge in [0.15, 0.2) is 5.78 Å². The average molecular weight is 326 g/mol. The number of ketones is 1. The van der Waals surface area contributed by atoms with Gasteiger partial charge >= 0.3 is 0 Å². The molecule has 1 aromatic heterocycles. The van der Waals surface area contributed by atoms with Gasteiger partial charge in [-0.3, -0.25) is 19.4 Å². The average Bonchev–Trinajstić information content (AvgIpc) is 2.60. The fourth-order valence-corrected chi connectivity index (χ4v) is 2.76. The van der Waals surface area contributed by atoms with Gasteiger partial charge in [-0.1, -0.05) is 26.8 Å². The van der Waals surface area contributed by atoms with Crippen LogP contribution < -0.4 is 10.9 Å². The molecule has 0 aliphatic carbocycles. The third-order valence-electron chi connectivity index (χ3n) is 4.60. The van der Waals surface area contributed by atoms with Crippen molar-refractivity contribution in [2.75, 3.05) is 0 Å². The highest BCUT2D eigenvalue weighted by Gasteiger charge is 2.32. The van der Waals surface area contributed by atoms with E-state index in [0.717, 1.165) is 12.1 Å². The van der Waals surface area contributed by atoms with Crippen LogP contribution in [-0.4, -0.2) is 16.5 Å². The lowest BCUT2D eigenvalue weighted by Crippen LogP contribution is -2.39. The predicted molar refractivity (Wildman–Crippen MR) is 95.0 cm³/mol. The Bertz CT molecular complexity index is 845. The summed E-state index contributed by atoms with van der Waals surface area (Å²) in [6.07, 6.45) is 3.30. The minimum Gasteiger partial charge on any atom is -0.293 e. The molecule has 2 aromatic rings. The Morgan fingerprint density at radius 3 is 2.42 bits per heavy atom. The lowest BCUT2D eigenvalue weighted by molar-refractivity contribution is -0.111. The van der Waals surface area contributed by atoms with Gasteiger partial charge in [0.25, 0.3) is 5.43 Å². The van der Waals surface area contributed by atoms with Gasteiger partial charge in [0.1, 0.15) is 5.69 Å². The van der Waals surface area contributed by atoms with Gasteiger partial charge in [-0.2, -0.15) is 0 Å². The van der Waals surface area contributed by atoms with E-state index in [-0.39, 0.29) is 16.9 Å². The lowest BCUT2D eigenvalue weighted by Gasteiger charge is -2.28. The second-order valence-electron chi connectivity index (χ2n) is 6.26. The Labute approximate surface area is 141 Å². The monoisotopic (exact) mass is 326 g/mol. The van der Waals surface area contributed by atoms with Gasteiger partial charge in [-0.25, -0.2) is 4.99 Å². The molecule has 5 heteroatoms. The van der Waals surface area contributed by atoms with Crippen LogP contribution in [0, 0.1) is 0 Å². The maximum Gasteiger partial charge on any atom is 0.251 e. The number of aromatic nitrogens is 1. The van der Waals surface area contributed by atoms with Crippen LogP contribution in [-0.2, 0) is 16.6 Å². The molecule has 2 rings (SSSR count). The van der Waals surface area contributed by atoms with Gasteiger partial charge in [0.2, 0.25) is 5.43 Å². The first kappa shape index (κ1) is 17.9. The molecule has 0 saturated carbocycles. The van der Waals surface area contributed by atoms with E-state index in [1.807, 2.05) is 32.0 Å². The fraction of sp³-hybridized carbons (Fsp3) is 0.421. The number of pyridine rings is 1. The van der Waals surface area contributed by atoms with Crippen LogP contribution in [0.4, 0.5) is 5.69 Å². The van der Waals surface area contributed by atoms with E-state index in [1.165, 1.54) is 6.92 Å². The summed E-state index contributed by atoms with van der Waals surface area (Å²) in [6.45, 7) is 7.26. The smallest absolute Gasteiger partial charge is 0.251 e. The Hall–Kier alpha value is -2.43. The molecule has 5 nitrogen and oxygen atoms in total. The highest BCUT2D eigenvalue weighted by molar-refractivity contribution is 6.39. The second-order valence-corrected chi connectivity index (χ2v) is 6.26. The van der Waals surface area contributed by atoms with Gasteiger partial charge in [-0.15, -0.1) is 0 Å². The van der Waals surface area contributed by atoms with Crippen molar-refractivity contribution < 1.29 is 4.79 Å². The third-order valence-corrected chi connectivity index (χ3v) is 4.60. The van der Waals surface area contributed by atoms with E-state index in [2.05, 4.69) is 9.98 Å². The van der Waals surface area contributed by atoms with Crippen molar-refractivity contribution in [1.82, 2.24) is 4.98 Å². The van der Waals surface area contributed by atoms with Gasteiger partial charge in [-0.05, 0) is 31.4 Å². The summed E-state index contributed by atoms with van der Waals surface area (Å²) in [6, 6.07) is 5.67. The van der Waals surface area contributed by atoms with E-state index in [4.69, 9.17) is 0 Å². The molecule has 1 heterocycles. The number of rotatable bonds is 7. The highest BCUT2D eigenvalue weighted by atomic mass is 16.2. The third kappa shape index (κ3) is 3.25. The van der Waals surface area contributed by atoms with Gasteiger partial charge in [0, 0.05) is 29.8 Å². The molecule has 1 aromatic carbocycles. The first-order valence-corrected chi connectivity index (χ1v) is 8.16. The van der Waals surface area contributed by atoms with E-state index < -0.39 is 10.9 Å². The van der Waals surface area contributed by atoms with Crippen LogP contribution in [0.3, 0.4) is 0 Å². The molecule has 0 radical (unpaired) electrons. The van der Waals surface area contributed by atoms with E-state index in [0.29, 0.717) is 24.1 Å². The molecular formula is C19H22N2O3. The zero-order valence-corrected chi connectivity index (χ0v) is 14.5. The Kier molecular flexibility index (Phi) is 5.22. The van der Waals surface area contributed by atoms with Crippen LogP contribution in [0.5, 0.6) is 0 Å². The summed E-state index contributed by atoms with van der Waals surface area (Å²) in [5, 5.41) is 0.